The van der Waals surface area contributed by atoms with Crippen LogP contribution in [-0.2, 0) is 14.6 Å². The van der Waals surface area contributed by atoms with E-state index in [4.69, 9.17) is 4.74 Å². The van der Waals surface area contributed by atoms with Gasteiger partial charge in [0.25, 0.3) is 5.91 Å². The van der Waals surface area contributed by atoms with E-state index in [1.54, 1.807) is 12.1 Å². The Kier molecular flexibility index (Phi) is 6.23. The van der Waals surface area contributed by atoms with E-state index in [0.717, 1.165) is 23.3 Å². The van der Waals surface area contributed by atoms with Crippen molar-refractivity contribution in [1.29, 1.82) is 0 Å². The third-order valence-corrected chi connectivity index (χ3v) is 5.43. The first-order valence-corrected chi connectivity index (χ1v) is 10.1. The average Bonchev–Trinajstić information content (AvgIpc) is 2.73. The highest BCUT2D eigenvalue weighted by Crippen LogP contribution is 2.29. The SMILES string of the molecule is O=C(COc1ccccc1-c1ccccc1)Nc1ccc(S(=O)(=O)C(F)F)cc1. The van der Waals surface area contributed by atoms with Gasteiger partial charge >= 0.3 is 5.76 Å². The summed E-state index contributed by atoms with van der Waals surface area (Å²) in [5, 5.41) is 2.53. The minimum atomic E-state index is -4.67. The molecule has 3 aromatic rings. The van der Waals surface area contributed by atoms with E-state index < -0.39 is 26.4 Å². The molecule has 3 rings (SSSR count). The van der Waals surface area contributed by atoms with Gasteiger partial charge in [-0.1, -0.05) is 48.5 Å². The number of rotatable bonds is 7. The zero-order valence-corrected chi connectivity index (χ0v) is 15.9. The van der Waals surface area contributed by atoms with E-state index in [-0.39, 0.29) is 12.3 Å². The van der Waals surface area contributed by atoms with Crippen LogP contribution < -0.4 is 10.1 Å². The fraction of sp³-hybridized carbons (Fsp3) is 0.0952. The molecule has 0 aliphatic rings. The minimum absolute atomic E-state index is 0.267. The first-order chi connectivity index (χ1) is 13.9. The minimum Gasteiger partial charge on any atom is -0.483 e. The van der Waals surface area contributed by atoms with E-state index in [2.05, 4.69) is 5.32 Å². The summed E-state index contributed by atoms with van der Waals surface area (Å²) in [6.45, 7) is -0.277. The van der Waals surface area contributed by atoms with Crippen LogP contribution >= 0.6 is 0 Å². The van der Waals surface area contributed by atoms with Crippen molar-refractivity contribution in [2.75, 3.05) is 11.9 Å². The molecule has 8 heteroatoms. The van der Waals surface area contributed by atoms with Gasteiger partial charge in [0.2, 0.25) is 9.84 Å². The Labute approximate surface area is 166 Å². The van der Waals surface area contributed by atoms with Gasteiger partial charge in [0.15, 0.2) is 6.61 Å². The molecule has 0 unspecified atom stereocenters. The first kappa shape index (κ1) is 20.5. The number of carbonyl (C=O) groups is 1. The zero-order valence-electron chi connectivity index (χ0n) is 15.1. The maximum absolute atomic E-state index is 12.6. The predicted molar refractivity (Wildman–Crippen MR) is 106 cm³/mol. The Morgan fingerprint density at radius 1 is 0.897 bits per heavy atom. The number of hydrogen-bond donors (Lipinski definition) is 1. The second-order valence-electron chi connectivity index (χ2n) is 6.03. The zero-order chi connectivity index (χ0) is 20.9. The number of carbonyl (C=O) groups excluding carboxylic acids is 1. The van der Waals surface area contributed by atoms with Crippen molar-refractivity contribution in [2.45, 2.75) is 10.7 Å². The summed E-state index contributed by atoms with van der Waals surface area (Å²) in [4.78, 5) is 11.6. The highest BCUT2D eigenvalue weighted by molar-refractivity contribution is 7.91. The Hall–Kier alpha value is -3.26. The second kappa shape index (κ2) is 8.83. The number of para-hydroxylation sites is 1. The number of hydrogen-bond acceptors (Lipinski definition) is 4. The Morgan fingerprint density at radius 3 is 2.17 bits per heavy atom. The van der Waals surface area contributed by atoms with Gasteiger partial charge in [0.1, 0.15) is 5.75 Å². The molecule has 1 amide bonds. The lowest BCUT2D eigenvalue weighted by Gasteiger charge is -2.12. The number of benzene rings is 3. The molecule has 150 valence electrons. The Balaban J connectivity index is 1.64. The van der Waals surface area contributed by atoms with Crippen LogP contribution in [0.1, 0.15) is 0 Å². The molecule has 0 spiro atoms. The average molecular weight is 417 g/mol. The predicted octanol–water partition coefficient (Wildman–Crippen LogP) is 4.37. The lowest BCUT2D eigenvalue weighted by molar-refractivity contribution is -0.118. The molecule has 29 heavy (non-hydrogen) atoms. The van der Waals surface area contributed by atoms with Crippen molar-refractivity contribution in [3.8, 4) is 16.9 Å². The first-order valence-electron chi connectivity index (χ1n) is 8.57. The third kappa shape index (κ3) is 4.97. The summed E-state index contributed by atoms with van der Waals surface area (Å²) in [5.41, 5.74) is 2.05. The fourth-order valence-electron chi connectivity index (χ4n) is 2.62. The summed E-state index contributed by atoms with van der Waals surface area (Å²) in [6.07, 6.45) is 0. The van der Waals surface area contributed by atoms with Gasteiger partial charge in [-0.15, -0.1) is 0 Å². The number of amides is 1. The lowest BCUT2D eigenvalue weighted by Crippen LogP contribution is -2.20. The van der Waals surface area contributed by atoms with E-state index >= 15 is 0 Å². The third-order valence-electron chi connectivity index (χ3n) is 4.03. The molecule has 0 radical (unpaired) electrons. The van der Waals surface area contributed by atoms with Crippen molar-refractivity contribution < 1.29 is 26.7 Å². The molecule has 1 N–H and O–H groups in total. The maximum Gasteiger partial charge on any atom is 0.341 e. The van der Waals surface area contributed by atoms with Crippen LogP contribution in [-0.4, -0.2) is 26.7 Å². The topological polar surface area (TPSA) is 72.5 Å². The molecule has 5 nitrogen and oxygen atoms in total. The molecule has 0 aliphatic carbocycles. The van der Waals surface area contributed by atoms with Crippen LogP contribution in [0, 0.1) is 0 Å². The molecule has 0 heterocycles. The molecule has 0 atom stereocenters. The smallest absolute Gasteiger partial charge is 0.341 e. The summed E-state index contributed by atoms with van der Waals surface area (Å²) in [7, 11) is -4.67. The highest BCUT2D eigenvalue weighted by Gasteiger charge is 2.26. The quantitative estimate of drug-likeness (QED) is 0.620. The molecule has 0 saturated heterocycles. The monoisotopic (exact) mass is 417 g/mol. The van der Waals surface area contributed by atoms with Gasteiger partial charge in [-0.25, -0.2) is 8.42 Å². The van der Waals surface area contributed by atoms with Gasteiger partial charge in [0.05, 0.1) is 4.90 Å². The molecule has 0 fully saturated rings. The van der Waals surface area contributed by atoms with Crippen molar-refractivity contribution in [3.63, 3.8) is 0 Å². The van der Waals surface area contributed by atoms with Crippen molar-refractivity contribution in [2.24, 2.45) is 0 Å². The summed E-state index contributed by atoms with van der Waals surface area (Å²) in [6, 6.07) is 21.4. The Morgan fingerprint density at radius 2 is 1.52 bits per heavy atom. The van der Waals surface area contributed by atoms with Gasteiger partial charge in [-0.05, 0) is 35.9 Å². The molecule has 0 bridgehead atoms. The van der Waals surface area contributed by atoms with Crippen molar-refractivity contribution in [1.82, 2.24) is 0 Å². The molecular formula is C21H17F2NO4S. The normalized spacial score (nSPS) is 11.3. The van der Waals surface area contributed by atoms with Crippen LogP contribution in [0.4, 0.5) is 14.5 Å². The standard InChI is InChI=1S/C21H17F2NO4S/c22-21(23)29(26,27)17-12-10-16(11-13-17)24-20(25)14-28-19-9-5-4-8-18(19)15-6-2-1-3-7-15/h1-13,21H,14H2,(H,24,25). The number of halogens is 2. The van der Waals surface area contributed by atoms with Crippen molar-refractivity contribution >= 4 is 21.4 Å². The molecule has 0 aliphatic heterocycles. The van der Waals surface area contributed by atoms with Crippen LogP contribution in [0.5, 0.6) is 5.75 Å². The highest BCUT2D eigenvalue weighted by atomic mass is 32.2. The maximum atomic E-state index is 12.6. The van der Waals surface area contributed by atoms with E-state index in [1.165, 1.54) is 12.1 Å². The van der Waals surface area contributed by atoms with Gasteiger partial charge in [-0.3, -0.25) is 4.79 Å². The van der Waals surface area contributed by atoms with E-state index in [0.29, 0.717) is 5.75 Å². The van der Waals surface area contributed by atoms with E-state index in [1.807, 2.05) is 42.5 Å². The van der Waals surface area contributed by atoms with Gasteiger partial charge in [-0.2, -0.15) is 8.78 Å². The van der Waals surface area contributed by atoms with Crippen LogP contribution in [0.25, 0.3) is 11.1 Å². The second-order valence-corrected chi connectivity index (χ2v) is 7.95. The summed E-state index contributed by atoms with van der Waals surface area (Å²) < 4.78 is 53.6. The summed E-state index contributed by atoms with van der Waals surface area (Å²) >= 11 is 0. The summed E-state index contributed by atoms with van der Waals surface area (Å²) in [5.74, 6) is -3.44. The van der Waals surface area contributed by atoms with E-state index in [9.17, 15) is 22.0 Å². The fourth-order valence-corrected chi connectivity index (χ4v) is 3.34. The number of anilines is 1. The Bertz CT molecular complexity index is 1090. The van der Waals surface area contributed by atoms with Crippen LogP contribution in [0.15, 0.2) is 83.8 Å². The lowest BCUT2D eigenvalue weighted by atomic mass is 10.1. The van der Waals surface area contributed by atoms with Crippen molar-refractivity contribution in [3.05, 3.63) is 78.9 Å². The molecule has 3 aromatic carbocycles. The van der Waals surface area contributed by atoms with Gasteiger partial charge in [0, 0.05) is 11.3 Å². The number of alkyl halides is 2. The number of nitrogens with one attached hydrogen (secondary N) is 1. The number of ether oxygens (including phenoxy) is 1. The van der Waals surface area contributed by atoms with Gasteiger partial charge < -0.3 is 10.1 Å². The molecular weight excluding hydrogens is 400 g/mol. The molecule has 0 saturated carbocycles. The molecule has 0 aromatic heterocycles. The van der Waals surface area contributed by atoms with Crippen LogP contribution in [0.3, 0.4) is 0 Å². The number of sulfone groups is 1. The largest absolute Gasteiger partial charge is 0.483 e. The van der Waals surface area contributed by atoms with Crippen LogP contribution in [0.2, 0.25) is 0 Å².